The Kier molecular flexibility index (Phi) is 5.92. The molecule has 0 radical (unpaired) electrons. The van der Waals surface area contributed by atoms with Crippen LogP contribution < -0.4 is 14.8 Å². The third-order valence-corrected chi connectivity index (χ3v) is 7.08. The van der Waals surface area contributed by atoms with E-state index in [-0.39, 0.29) is 23.7 Å². The molecule has 0 atom stereocenters. The van der Waals surface area contributed by atoms with Gasteiger partial charge in [0.05, 0.1) is 37.1 Å². The van der Waals surface area contributed by atoms with E-state index in [0.29, 0.717) is 48.6 Å². The summed E-state index contributed by atoms with van der Waals surface area (Å²) < 4.78 is 45.0. The van der Waals surface area contributed by atoms with E-state index in [0.717, 1.165) is 6.42 Å². The first-order valence-corrected chi connectivity index (χ1v) is 11.3. The van der Waals surface area contributed by atoms with Gasteiger partial charge < -0.3 is 24.1 Å². The number of ether oxygens (including phenoxy) is 3. The Morgan fingerprint density at radius 1 is 1.07 bits per heavy atom. The number of aromatic nitrogens is 1. The topological polar surface area (TPSA) is 99.1 Å². The van der Waals surface area contributed by atoms with Crippen molar-refractivity contribution in [1.29, 1.82) is 0 Å². The minimum atomic E-state index is -3.70. The first-order valence-electron chi connectivity index (χ1n) is 9.51. The molecule has 1 amide bonds. The van der Waals surface area contributed by atoms with Crippen LogP contribution in [-0.4, -0.2) is 62.7 Å². The van der Waals surface area contributed by atoms with Crippen LogP contribution in [0.5, 0.6) is 11.5 Å². The maximum absolute atomic E-state index is 12.9. The number of nitrogens with zero attached hydrogens (tertiary/aromatic N) is 2. The van der Waals surface area contributed by atoms with E-state index in [1.165, 1.54) is 21.1 Å². The summed E-state index contributed by atoms with van der Waals surface area (Å²) in [6.07, 6.45) is 2.17. The number of halogens is 1. The highest BCUT2D eigenvalue weighted by Crippen LogP contribution is 2.38. The van der Waals surface area contributed by atoms with Gasteiger partial charge in [0.2, 0.25) is 10.0 Å². The lowest BCUT2D eigenvalue weighted by Crippen LogP contribution is -2.40. The molecule has 2 aromatic rings. The molecule has 1 aromatic heterocycles. The maximum Gasteiger partial charge on any atom is 0.272 e. The van der Waals surface area contributed by atoms with Gasteiger partial charge in [-0.1, -0.05) is 11.6 Å². The zero-order valence-electron chi connectivity index (χ0n) is 16.4. The van der Waals surface area contributed by atoms with Crippen molar-refractivity contribution in [1.82, 2.24) is 8.87 Å². The van der Waals surface area contributed by atoms with E-state index < -0.39 is 15.9 Å². The molecule has 162 valence electrons. The smallest absolute Gasteiger partial charge is 0.272 e. The molecule has 2 aliphatic heterocycles. The number of rotatable bonds is 4. The lowest BCUT2D eigenvalue weighted by Gasteiger charge is -2.25. The van der Waals surface area contributed by atoms with Crippen molar-refractivity contribution in [3.63, 3.8) is 0 Å². The van der Waals surface area contributed by atoms with E-state index in [4.69, 9.17) is 25.8 Å². The minimum Gasteiger partial charge on any atom is -0.490 e. The van der Waals surface area contributed by atoms with Gasteiger partial charge in [-0.25, -0.2) is 8.42 Å². The molecule has 4 rings (SSSR count). The number of hydrogen-bond donors (Lipinski definition) is 1. The van der Waals surface area contributed by atoms with Gasteiger partial charge in [0.15, 0.2) is 11.5 Å². The Hall–Kier alpha value is -2.27. The average Bonchev–Trinajstić information content (AvgIpc) is 2.99. The fourth-order valence-corrected chi connectivity index (χ4v) is 4.98. The molecule has 2 aliphatic rings. The number of morpholine rings is 1. The lowest BCUT2D eigenvalue weighted by atomic mass is 10.2. The third-order valence-electron chi connectivity index (χ3n) is 4.91. The number of anilines is 1. The number of fused-ring (bicyclic) bond motifs is 1. The number of aryl methyl sites for hydroxylation is 1. The maximum atomic E-state index is 12.9. The Morgan fingerprint density at radius 2 is 1.73 bits per heavy atom. The molecule has 9 nitrogen and oxygen atoms in total. The molecule has 1 fully saturated rings. The van der Waals surface area contributed by atoms with Crippen molar-refractivity contribution in [3.8, 4) is 11.5 Å². The normalized spacial score (nSPS) is 17.4. The van der Waals surface area contributed by atoms with Crippen LogP contribution in [0.25, 0.3) is 0 Å². The Morgan fingerprint density at radius 3 is 2.43 bits per heavy atom. The van der Waals surface area contributed by atoms with Crippen molar-refractivity contribution >= 4 is 33.2 Å². The number of amides is 1. The zero-order chi connectivity index (χ0) is 21.3. The van der Waals surface area contributed by atoms with E-state index >= 15 is 0 Å². The molecule has 30 heavy (non-hydrogen) atoms. The van der Waals surface area contributed by atoms with Crippen molar-refractivity contribution in [2.45, 2.75) is 11.3 Å². The molecule has 0 spiro atoms. The summed E-state index contributed by atoms with van der Waals surface area (Å²) in [5.74, 6) is 0.528. The quantitative estimate of drug-likeness (QED) is 0.758. The average molecular weight is 456 g/mol. The molecule has 1 saturated heterocycles. The van der Waals surface area contributed by atoms with Crippen LogP contribution in [0, 0.1) is 0 Å². The molecule has 0 aliphatic carbocycles. The number of benzene rings is 1. The number of hydrogen-bond acceptors (Lipinski definition) is 6. The minimum absolute atomic E-state index is 0.0572. The predicted octanol–water partition coefficient (Wildman–Crippen LogP) is 2.11. The van der Waals surface area contributed by atoms with Crippen LogP contribution in [0.3, 0.4) is 0 Å². The first-order chi connectivity index (χ1) is 14.4. The standard InChI is InChI=1S/C19H22ClN3O6S/c1-22-12-13(30(25,26)23-3-7-27-8-4-23)9-16(22)19(24)21-15-11-18-17(10-14(15)20)28-5-2-6-29-18/h9-12H,2-8H2,1H3,(H,21,24). The number of carbonyl (C=O) groups excluding carboxylic acids is 1. The van der Waals surface area contributed by atoms with Crippen LogP contribution in [0.4, 0.5) is 5.69 Å². The van der Waals surface area contributed by atoms with Gasteiger partial charge in [-0.05, 0) is 6.07 Å². The predicted molar refractivity (Wildman–Crippen MR) is 110 cm³/mol. The summed E-state index contributed by atoms with van der Waals surface area (Å²) in [7, 11) is -2.09. The van der Waals surface area contributed by atoms with E-state index in [1.54, 1.807) is 19.2 Å². The lowest BCUT2D eigenvalue weighted by molar-refractivity contribution is 0.0730. The largest absolute Gasteiger partial charge is 0.490 e. The van der Waals surface area contributed by atoms with Crippen LogP contribution in [-0.2, 0) is 21.8 Å². The highest BCUT2D eigenvalue weighted by molar-refractivity contribution is 7.89. The second-order valence-corrected chi connectivity index (χ2v) is 9.32. The van der Waals surface area contributed by atoms with Crippen LogP contribution >= 0.6 is 11.6 Å². The van der Waals surface area contributed by atoms with Crippen molar-refractivity contribution < 1.29 is 27.4 Å². The Labute approximate surface area is 179 Å². The highest BCUT2D eigenvalue weighted by atomic mass is 35.5. The summed E-state index contributed by atoms with van der Waals surface area (Å²) in [4.78, 5) is 12.9. The summed E-state index contributed by atoms with van der Waals surface area (Å²) >= 11 is 6.29. The molecule has 0 saturated carbocycles. The second kappa shape index (κ2) is 8.46. The SMILES string of the molecule is Cn1cc(S(=O)(=O)N2CCOCC2)cc1C(=O)Nc1cc2c(cc1Cl)OCCCO2. The number of carbonyl (C=O) groups is 1. The van der Waals surface area contributed by atoms with Gasteiger partial charge in [-0.3, -0.25) is 4.79 Å². The summed E-state index contributed by atoms with van der Waals surface area (Å²) in [6.45, 7) is 2.29. The Balaban J connectivity index is 1.57. The van der Waals surface area contributed by atoms with Gasteiger partial charge in [-0.15, -0.1) is 0 Å². The highest BCUT2D eigenvalue weighted by Gasteiger charge is 2.29. The van der Waals surface area contributed by atoms with Gasteiger partial charge in [0, 0.05) is 44.9 Å². The first kappa shape index (κ1) is 21.0. The fraction of sp³-hybridized carbons (Fsp3) is 0.421. The second-order valence-electron chi connectivity index (χ2n) is 6.97. The Bertz CT molecular complexity index is 1060. The summed E-state index contributed by atoms with van der Waals surface area (Å²) in [5.41, 5.74) is 0.537. The van der Waals surface area contributed by atoms with Crippen molar-refractivity contribution in [2.75, 3.05) is 44.8 Å². The molecule has 1 aromatic carbocycles. The van der Waals surface area contributed by atoms with Gasteiger partial charge in [0.1, 0.15) is 10.6 Å². The third kappa shape index (κ3) is 4.13. The molecule has 1 N–H and O–H groups in total. The van der Waals surface area contributed by atoms with E-state index in [2.05, 4.69) is 5.32 Å². The summed E-state index contributed by atoms with van der Waals surface area (Å²) in [6, 6.07) is 4.56. The van der Waals surface area contributed by atoms with Crippen LogP contribution in [0.15, 0.2) is 29.3 Å². The van der Waals surface area contributed by atoms with Crippen LogP contribution in [0.1, 0.15) is 16.9 Å². The molecular formula is C19H22ClN3O6S. The fourth-order valence-electron chi connectivity index (χ4n) is 3.30. The number of sulfonamides is 1. The van der Waals surface area contributed by atoms with E-state index in [1.807, 2.05) is 0 Å². The molecule has 0 bridgehead atoms. The molecule has 0 unspecified atom stereocenters. The molecular weight excluding hydrogens is 434 g/mol. The van der Waals surface area contributed by atoms with Gasteiger partial charge in [0.25, 0.3) is 5.91 Å². The van der Waals surface area contributed by atoms with Gasteiger partial charge in [-0.2, -0.15) is 4.31 Å². The van der Waals surface area contributed by atoms with Crippen LogP contribution in [0.2, 0.25) is 5.02 Å². The zero-order valence-corrected chi connectivity index (χ0v) is 18.0. The monoisotopic (exact) mass is 455 g/mol. The molecule has 3 heterocycles. The van der Waals surface area contributed by atoms with Crippen molar-refractivity contribution in [2.24, 2.45) is 7.05 Å². The number of nitrogens with one attached hydrogen (secondary N) is 1. The molecule has 11 heteroatoms. The van der Waals surface area contributed by atoms with Crippen molar-refractivity contribution in [3.05, 3.63) is 35.1 Å². The van der Waals surface area contributed by atoms with E-state index in [9.17, 15) is 13.2 Å². The summed E-state index contributed by atoms with van der Waals surface area (Å²) in [5, 5.41) is 3.02. The van der Waals surface area contributed by atoms with Gasteiger partial charge >= 0.3 is 0 Å².